The van der Waals surface area contributed by atoms with Gasteiger partial charge in [0.2, 0.25) is 0 Å². The van der Waals surface area contributed by atoms with Crippen LogP contribution in [0.3, 0.4) is 0 Å². The summed E-state index contributed by atoms with van der Waals surface area (Å²) >= 11 is 1.95. The van der Waals surface area contributed by atoms with Gasteiger partial charge in [-0.25, -0.2) is 0 Å². The summed E-state index contributed by atoms with van der Waals surface area (Å²) in [6.45, 7) is 7.57. The van der Waals surface area contributed by atoms with Crippen LogP contribution in [0.25, 0.3) is 10.9 Å². The van der Waals surface area contributed by atoms with Crippen LogP contribution in [0.5, 0.6) is 5.75 Å². The largest absolute Gasteiger partial charge is 0.508 e. The predicted molar refractivity (Wildman–Crippen MR) is 75.7 cm³/mol. The molecule has 1 aromatic carbocycles. The van der Waals surface area contributed by atoms with Crippen molar-refractivity contribution in [1.82, 2.24) is 4.57 Å². The van der Waals surface area contributed by atoms with E-state index in [1.165, 1.54) is 11.2 Å². The summed E-state index contributed by atoms with van der Waals surface area (Å²) in [6.07, 6.45) is 0. The first-order valence-corrected chi connectivity index (χ1v) is 7.09. The third-order valence-electron chi connectivity index (χ3n) is 2.85. The van der Waals surface area contributed by atoms with Gasteiger partial charge in [-0.1, -0.05) is 13.8 Å². The maximum Gasteiger partial charge on any atom is 0.116 e. The van der Waals surface area contributed by atoms with Crippen LogP contribution in [-0.4, -0.2) is 14.9 Å². The van der Waals surface area contributed by atoms with Gasteiger partial charge >= 0.3 is 0 Å². The van der Waals surface area contributed by atoms with Crippen molar-refractivity contribution in [3.63, 3.8) is 0 Å². The van der Waals surface area contributed by atoms with Crippen LogP contribution in [0.2, 0.25) is 0 Å². The molecule has 0 spiro atoms. The lowest BCUT2D eigenvalue weighted by Gasteiger charge is -2.09. The van der Waals surface area contributed by atoms with Gasteiger partial charge in [-0.3, -0.25) is 0 Å². The molecule has 1 aromatic heterocycles. The van der Waals surface area contributed by atoms with E-state index < -0.39 is 0 Å². The van der Waals surface area contributed by atoms with Gasteiger partial charge in [0.1, 0.15) is 5.75 Å². The Bertz CT molecular complexity index is 516. The van der Waals surface area contributed by atoms with Crippen LogP contribution in [0.1, 0.15) is 26.5 Å². The minimum atomic E-state index is 0.341. The van der Waals surface area contributed by atoms with E-state index in [1.54, 1.807) is 6.07 Å². The van der Waals surface area contributed by atoms with Crippen molar-refractivity contribution >= 4 is 22.7 Å². The molecule has 0 fully saturated rings. The summed E-state index contributed by atoms with van der Waals surface area (Å²) in [6, 6.07) is 7.78. The van der Waals surface area contributed by atoms with Gasteiger partial charge in [0.25, 0.3) is 0 Å². The molecule has 0 saturated heterocycles. The second kappa shape index (κ2) is 5.05. The zero-order chi connectivity index (χ0) is 12.4. The summed E-state index contributed by atoms with van der Waals surface area (Å²) in [7, 11) is 0. The molecule has 1 N–H and O–H groups in total. The highest BCUT2D eigenvalue weighted by atomic mass is 32.2. The van der Waals surface area contributed by atoms with Gasteiger partial charge in [0.05, 0.1) is 0 Å². The summed E-state index contributed by atoms with van der Waals surface area (Å²) in [5, 5.41) is 11.3. The van der Waals surface area contributed by atoms with Crippen LogP contribution in [-0.2, 0) is 12.3 Å². The summed E-state index contributed by atoms with van der Waals surface area (Å²) in [5.74, 6) is 1.37. The fourth-order valence-corrected chi connectivity index (χ4v) is 2.80. The van der Waals surface area contributed by atoms with Gasteiger partial charge in [-0.2, -0.15) is 11.8 Å². The molecule has 2 nitrogen and oxygen atoms in total. The van der Waals surface area contributed by atoms with Crippen LogP contribution in [0, 0.1) is 0 Å². The third kappa shape index (κ3) is 2.60. The minimum absolute atomic E-state index is 0.341. The Morgan fingerprint density at radius 3 is 2.71 bits per heavy atom. The number of fused-ring (bicyclic) bond motifs is 1. The van der Waals surface area contributed by atoms with Crippen LogP contribution in [0.15, 0.2) is 24.3 Å². The molecule has 1 heterocycles. The molecule has 0 aliphatic heterocycles. The SMILES string of the molecule is CCn1c(CSC(C)C)cc2cc(O)ccc21. The summed E-state index contributed by atoms with van der Waals surface area (Å²) < 4.78 is 2.32. The highest BCUT2D eigenvalue weighted by molar-refractivity contribution is 7.99. The van der Waals surface area contributed by atoms with Crippen molar-refractivity contribution in [3.05, 3.63) is 30.0 Å². The number of hydrogen-bond acceptors (Lipinski definition) is 2. The van der Waals surface area contributed by atoms with E-state index in [0.29, 0.717) is 11.0 Å². The lowest BCUT2D eigenvalue weighted by Crippen LogP contribution is -2.00. The molecular formula is C14H19NOS. The van der Waals surface area contributed by atoms with E-state index in [1.807, 2.05) is 23.9 Å². The van der Waals surface area contributed by atoms with Gasteiger partial charge in [-0.05, 0) is 36.4 Å². The molecule has 0 amide bonds. The van der Waals surface area contributed by atoms with Crippen molar-refractivity contribution in [2.24, 2.45) is 0 Å². The molecule has 2 aromatic rings. The van der Waals surface area contributed by atoms with E-state index in [2.05, 4.69) is 31.4 Å². The highest BCUT2D eigenvalue weighted by Crippen LogP contribution is 2.27. The quantitative estimate of drug-likeness (QED) is 0.885. The van der Waals surface area contributed by atoms with E-state index in [0.717, 1.165) is 17.7 Å². The Morgan fingerprint density at radius 1 is 1.29 bits per heavy atom. The standard InChI is InChI=1S/C14H19NOS/c1-4-15-12(9-17-10(2)3)7-11-8-13(16)5-6-14(11)15/h5-8,10,16H,4,9H2,1-3H3. The summed E-state index contributed by atoms with van der Waals surface area (Å²) in [5.41, 5.74) is 2.55. The van der Waals surface area contributed by atoms with E-state index >= 15 is 0 Å². The highest BCUT2D eigenvalue weighted by Gasteiger charge is 2.08. The predicted octanol–water partition coefficient (Wildman–Crippen LogP) is 4.01. The Balaban J connectivity index is 2.41. The number of thioether (sulfide) groups is 1. The lowest BCUT2D eigenvalue weighted by atomic mass is 10.2. The fourth-order valence-electron chi connectivity index (χ4n) is 2.06. The third-order valence-corrected chi connectivity index (χ3v) is 3.98. The number of benzene rings is 1. The maximum atomic E-state index is 9.51. The average molecular weight is 249 g/mol. The number of aromatic nitrogens is 1. The molecule has 0 aliphatic carbocycles. The van der Waals surface area contributed by atoms with Gasteiger partial charge < -0.3 is 9.67 Å². The number of phenols is 1. The number of aromatic hydroxyl groups is 1. The Labute approximate surface area is 107 Å². The second-order valence-electron chi connectivity index (χ2n) is 4.48. The molecule has 92 valence electrons. The van der Waals surface area contributed by atoms with Crippen molar-refractivity contribution in [3.8, 4) is 5.75 Å². The number of nitrogens with zero attached hydrogens (tertiary/aromatic N) is 1. The number of aryl methyl sites for hydroxylation is 1. The molecule has 17 heavy (non-hydrogen) atoms. The van der Waals surface area contributed by atoms with Crippen LogP contribution in [0.4, 0.5) is 0 Å². The Morgan fingerprint density at radius 2 is 2.06 bits per heavy atom. The van der Waals surface area contributed by atoms with Gasteiger partial charge in [0, 0.05) is 28.9 Å². The zero-order valence-electron chi connectivity index (χ0n) is 10.6. The Hall–Kier alpha value is -1.09. The van der Waals surface area contributed by atoms with Crippen molar-refractivity contribution in [2.75, 3.05) is 0 Å². The van der Waals surface area contributed by atoms with E-state index in [9.17, 15) is 5.11 Å². The smallest absolute Gasteiger partial charge is 0.116 e. The first-order chi connectivity index (χ1) is 8.11. The van der Waals surface area contributed by atoms with Crippen molar-refractivity contribution in [1.29, 1.82) is 0 Å². The molecule has 2 rings (SSSR count). The normalized spacial score (nSPS) is 11.5. The molecule has 0 bridgehead atoms. The van der Waals surface area contributed by atoms with Gasteiger partial charge in [0.15, 0.2) is 0 Å². The van der Waals surface area contributed by atoms with Crippen LogP contribution < -0.4 is 0 Å². The van der Waals surface area contributed by atoms with Gasteiger partial charge in [-0.15, -0.1) is 0 Å². The molecule has 3 heteroatoms. The molecular weight excluding hydrogens is 230 g/mol. The average Bonchev–Trinajstić information content (AvgIpc) is 2.62. The molecule has 0 radical (unpaired) electrons. The lowest BCUT2D eigenvalue weighted by molar-refractivity contribution is 0.476. The monoisotopic (exact) mass is 249 g/mol. The van der Waals surface area contributed by atoms with Crippen LogP contribution >= 0.6 is 11.8 Å². The van der Waals surface area contributed by atoms with Crippen molar-refractivity contribution in [2.45, 2.75) is 38.3 Å². The summed E-state index contributed by atoms with van der Waals surface area (Å²) in [4.78, 5) is 0. The number of phenolic OH excluding ortho intramolecular Hbond substituents is 1. The topological polar surface area (TPSA) is 25.2 Å². The first kappa shape index (κ1) is 12.4. The van der Waals surface area contributed by atoms with E-state index in [-0.39, 0.29) is 0 Å². The second-order valence-corrected chi connectivity index (χ2v) is 6.05. The molecule has 0 atom stereocenters. The first-order valence-electron chi connectivity index (χ1n) is 6.04. The minimum Gasteiger partial charge on any atom is -0.508 e. The molecule has 0 unspecified atom stereocenters. The number of rotatable bonds is 4. The molecule has 0 saturated carbocycles. The molecule has 0 aliphatic rings. The van der Waals surface area contributed by atoms with Crippen molar-refractivity contribution < 1.29 is 5.11 Å². The number of hydrogen-bond donors (Lipinski definition) is 1. The van der Waals surface area contributed by atoms with E-state index in [4.69, 9.17) is 0 Å². The fraction of sp³-hybridized carbons (Fsp3) is 0.429. The zero-order valence-corrected chi connectivity index (χ0v) is 11.4. The Kier molecular flexibility index (Phi) is 3.67. The maximum absolute atomic E-state index is 9.51.